The van der Waals surface area contributed by atoms with Crippen LogP contribution in [-0.4, -0.2) is 169 Å². The van der Waals surface area contributed by atoms with E-state index in [-0.39, 0.29) is 17.1 Å². The number of hydrogen-bond donors (Lipinski definition) is 12. The number of benzene rings is 1. The van der Waals surface area contributed by atoms with E-state index in [0.29, 0.717) is 0 Å². The van der Waals surface area contributed by atoms with Crippen LogP contribution in [-0.2, 0) is 23.7 Å². The summed E-state index contributed by atoms with van der Waals surface area (Å²) >= 11 is 6.43. The summed E-state index contributed by atoms with van der Waals surface area (Å²) in [4.78, 5) is 13.5. The van der Waals surface area contributed by atoms with Crippen molar-refractivity contribution in [3.05, 3.63) is 23.8 Å². The highest BCUT2D eigenvalue weighted by molar-refractivity contribution is 6.27. The Balaban J connectivity index is 1.55. The minimum Gasteiger partial charge on any atom is -0.504 e. The molecule has 2 unspecified atom stereocenters. The Labute approximate surface area is 266 Å². The highest BCUT2D eigenvalue weighted by Gasteiger charge is 2.67. The topological polar surface area (TPSA) is 333 Å². The first kappa shape index (κ1) is 37.0. The number of nitrogens with two attached hydrogens (primary N) is 3. The lowest BCUT2D eigenvalue weighted by atomic mass is 9.77. The summed E-state index contributed by atoms with van der Waals surface area (Å²) in [6.45, 7) is -2.85. The fourth-order valence-corrected chi connectivity index (χ4v) is 5.86. The van der Waals surface area contributed by atoms with Crippen molar-refractivity contribution in [2.24, 2.45) is 17.2 Å². The number of rotatable bonds is 10. The second-order valence-electron chi connectivity index (χ2n) is 11.2. The molecule has 3 aliphatic rings. The van der Waals surface area contributed by atoms with Gasteiger partial charge in [0.25, 0.3) is 0 Å². The monoisotopic (exact) mass is 685 g/mol. The van der Waals surface area contributed by atoms with E-state index in [1.807, 2.05) is 0 Å². The van der Waals surface area contributed by atoms with Gasteiger partial charge in [0.15, 0.2) is 30.4 Å². The molecule has 3 aliphatic heterocycles. The minimum atomic E-state index is -3.11. The summed E-state index contributed by atoms with van der Waals surface area (Å²) in [5, 5.41) is 91.1. The number of aliphatic hydroxyl groups excluding tert-OH is 7. The summed E-state index contributed by atoms with van der Waals surface area (Å²) in [5.41, 5.74) is 14.6. The Hall–Kier alpha value is -1.86. The molecule has 3 heterocycles. The van der Waals surface area contributed by atoms with E-state index >= 15 is 0 Å². The third-order valence-corrected chi connectivity index (χ3v) is 8.87. The summed E-state index contributed by atoms with van der Waals surface area (Å²) < 4.78 is 32.8. The summed E-state index contributed by atoms with van der Waals surface area (Å²) in [5.74, 6) is -1.77. The van der Waals surface area contributed by atoms with Crippen LogP contribution in [0, 0.1) is 0 Å². The summed E-state index contributed by atoms with van der Waals surface area (Å²) in [7, 11) is 1.21. The van der Waals surface area contributed by atoms with Crippen molar-refractivity contribution in [1.29, 1.82) is 0 Å². The molecule has 46 heavy (non-hydrogen) atoms. The highest BCUT2D eigenvalue weighted by Crippen LogP contribution is 2.44. The van der Waals surface area contributed by atoms with Crippen LogP contribution in [0.4, 0.5) is 0 Å². The van der Waals surface area contributed by atoms with Gasteiger partial charge in [0.2, 0.25) is 16.4 Å². The molecule has 15 N–H and O–H groups in total. The second-order valence-corrected chi connectivity index (χ2v) is 11.8. The molecule has 0 aliphatic carbocycles. The van der Waals surface area contributed by atoms with Crippen molar-refractivity contribution < 1.29 is 79.2 Å². The average Bonchev–Trinajstić information content (AvgIpc) is 3.05. The molecule has 3 saturated heterocycles. The molecule has 3 fully saturated rings. The van der Waals surface area contributed by atoms with Crippen LogP contribution in [0.3, 0.4) is 0 Å². The van der Waals surface area contributed by atoms with Gasteiger partial charge in [-0.15, -0.1) is 0 Å². The maximum absolute atomic E-state index is 13.5. The normalized spacial score (nSPS) is 44.9. The predicted molar refractivity (Wildman–Crippen MR) is 150 cm³/mol. The van der Waals surface area contributed by atoms with Crippen molar-refractivity contribution in [3.8, 4) is 11.5 Å². The SMILES string of the molecule is COc1cc(C(=O)[C@@]2(O)[C@H](O)[C@@H](N)[C@@H](OC3[C@@H](CO)O[C@@H](OC4[C@@H](CO)O[C@@H](O)[C@H](N)[C@H]4O)[C@H](N)[C@H]3O)O[C@@]2(Cl)CO)ccc1O. The maximum atomic E-state index is 13.5. The van der Waals surface area contributed by atoms with E-state index in [1.54, 1.807) is 0 Å². The van der Waals surface area contributed by atoms with E-state index in [2.05, 4.69) is 0 Å². The molecule has 0 radical (unpaired) electrons. The number of ether oxygens (including phenoxy) is 6. The van der Waals surface area contributed by atoms with Gasteiger partial charge < -0.3 is 91.6 Å². The fourth-order valence-electron chi connectivity index (χ4n) is 5.58. The molecule has 15 atom stereocenters. The second kappa shape index (κ2) is 14.3. The fraction of sp³-hybridized carbons (Fsp3) is 0.731. The number of carbonyl (C=O) groups excluding carboxylic acids is 1. The van der Waals surface area contributed by atoms with Crippen molar-refractivity contribution in [2.45, 2.75) is 90.4 Å². The van der Waals surface area contributed by atoms with Gasteiger partial charge in [0.1, 0.15) is 42.7 Å². The molecular weight excluding hydrogens is 646 g/mol. The van der Waals surface area contributed by atoms with Gasteiger partial charge in [-0.25, -0.2) is 0 Å². The summed E-state index contributed by atoms with van der Waals surface area (Å²) in [6.07, 6.45) is -16.5. The first-order valence-corrected chi connectivity index (χ1v) is 14.4. The van der Waals surface area contributed by atoms with Gasteiger partial charge in [-0.05, 0) is 18.2 Å². The number of Topliss-reactive ketones (excluding diaryl/α,β-unsaturated/α-hetero) is 1. The maximum Gasteiger partial charge on any atom is 0.206 e. The van der Waals surface area contributed by atoms with E-state index in [9.17, 15) is 50.8 Å². The number of hydrogen-bond acceptors (Lipinski definition) is 19. The van der Waals surface area contributed by atoms with Gasteiger partial charge >= 0.3 is 0 Å². The number of aliphatic hydroxyl groups is 8. The Morgan fingerprint density at radius 3 is 2.04 bits per heavy atom. The Morgan fingerprint density at radius 2 is 1.48 bits per heavy atom. The highest BCUT2D eigenvalue weighted by atomic mass is 35.5. The zero-order chi connectivity index (χ0) is 34.3. The van der Waals surface area contributed by atoms with Gasteiger partial charge in [-0.1, -0.05) is 11.6 Å². The van der Waals surface area contributed by atoms with Crippen LogP contribution < -0.4 is 21.9 Å². The zero-order valence-corrected chi connectivity index (χ0v) is 25.1. The smallest absolute Gasteiger partial charge is 0.206 e. The number of methoxy groups -OCH3 is 1. The first-order valence-electron chi connectivity index (χ1n) is 14.0. The number of phenols is 1. The molecule has 19 nitrogen and oxygen atoms in total. The molecule has 0 bridgehead atoms. The van der Waals surface area contributed by atoms with Gasteiger partial charge in [0, 0.05) is 5.56 Å². The van der Waals surface area contributed by atoms with Crippen molar-refractivity contribution >= 4 is 17.4 Å². The van der Waals surface area contributed by atoms with Crippen molar-refractivity contribution in [2.75, 3.05) is 26.9 Å². The molecule has 0 spiro atoms. The molecule has 262 valence electrons. The lowest BCUT2D eigenvalue weighted by Crippen LogP contribution is -2.77. The van der Waals surface area contributed by atoms with Crippen LogP contribution in [0.5, 0.6) is 11.5 Å². The Bertz CT molecular complexity index is 1220. The quantitative estimate of drug-likeness (QED) is 0.0805. The number of alkyl halides is 1. The lowest BCUT2D eigenvalue weighted by Gasteiger charge is -2.53. The lowest BCUT2D eigenvalue weighted by molar-refractivity contribution is -0.356. The van der Waals surface area contributed by atoms with Crippen molar-refractivity contribution in [3.63, 3.8) is 0 Å². The zero-order valence-electron chi connectivity index (χ0n) is 24.4. The van der Waals surface area contributed by atoms with Gasteiger partial charge in [-0.2, -0.15) is 0 Å². The number of aromatic hydroxyl groups is 1. The van der Waals surface area contributed by atoms with Crippen LogP contribution in [0.2, 0.25) is 0 Å². The van der Waals surface area contributed by atoms with Gasteiger partial charge in [-0.3, -0.25) is 4.79 Å². The van der Waals surface area contributed by atoms with E-state index in [1.165, 1.54) is 7.11 Å². The van der Waals surface area contributed by atoms with Crippen LogP contribution in [0.1, 0.15) is 10.4 Å². The molecule has 20 heteroatoms. The largest absolute Gasteiger partial charge is 0.504 e. The molecule has 0 amide bonds. The molecule has 1 aromatic rings. The molecular formula is C26H40ClN3O16. The van der Waals surface area contributed by atoms with E-state index < -0.39 is 116 Å². The number of phenolic OH excluding ortho intramolecular Hbond substituents is 1. The third-order valence-electron chi connectivity index (χ3n) is 8.37. The van der Waals surface area contributed by atoms with Gasteiger partial charge in [0.05, 0.1) is 45.1 Å². The molecule has 0 aromatic heterocycles. The minimum absolute atomic E-state index is 0.159. The molecule has 0 saturated carbocycles. The summed E-state index contributed by atoms with van der Waals surface area (Å²) in [6, 6.07) is -1.42. The van der Waals surface area contributed by atoms with Crippen LogP contribution in [0.15, 0.2) is 18.2 Å². The Morgan fingerprint density at radius 1 is 0.913 bits per heavy atom. The predicted octanol–water partition coefficient (Wildman–Crippen LogP) is -6.14. The average molecular weight is 686 g/mol. The molecule has 1 aromatic carbocycles. The third kappa shape index (κ3) is 6.33. The van der Waals surface area contributed by atoms with Crippen LogP contribution >= 0.6 is 11.6 Å². The number of carbonyl (C=O) groups is 1. The number of ketones is 1. The van der Waals surface area contributed by atoms with Crippen LogP contribution in [0.25, 0.3) is 0 Å². The first-order chi connectivity index (χ1) is 21.6. The number of halogens is 1. The molecule has 4 rings (SSSR count). The van der Waals surface area contributed by atoms with E-state index in [0.717, 1.165) is 18.2 Å². The van der Waals surface area contributed by atoms with Crippen molar-refractivity contribution in [1.82, 2.24) is 0 Å². The van der Waals surface area contributed by atoms with E-state index in [4.69, 9.17) is 57.2 Å². The Kier molecular flexibility index (Phi) is 11.5. The standard InChI is InChI=1S/C26H40ClN3O16/c1-41-10-4-8(2-3-9(10)34)20(37)26(40)21(38)15(30)24(46-25(26,27)7-33)45-19-12(6-32)43-23(14(29)17(19)36)44-18-11(5-31)42-22(39)13(28)16(18)35/h2-4,11-19,21-24,31-36,38-40H,5-7,28-30H2,1H3/t11-,12-,13-,14-,15-,16-,17-,18?,19?,21-,22-,23+,24+,25+,26-/m1/s1.